The van der Waals surface area contributed by atoms with Crippen molar-refractivity contribution in [3.63, 3.8) is 0 Å². The monoisotopic (exact) mass is 204 g/mol. The fourth-order valence-corrected chi connectivity index (χ4v) is 1.09. The van der Waals surface area contributed by atoms with Crippen LogP contribution in [-0.4, -0.2) is 23.1 Å². The second-order valence-electron chi connectivity index (χ2n) is 3.08. The van der Waals surface area contributed by atoms with Crippen LogP contribution in [0.4, 0.5) is 0 Å². The molecule has 0 bridgehead atoms. The Morgan fingerprint density at radius 1 is 1.38 bits per heavy atom. The van der Waals surface area contributed by atoms with Gasteiger partial charge in [0.2, 0.25) is 0 Å². The summed E-state index contributed by atoms with van der Waals surface area (Å²) in [6.07, 6.45) is 0.344. The molecule has 0 aliphatic carbocycles. The first-order chi connectivity index (χ1) is 5.93. The highest BCUT2D eigenvalue weighted by molar-refractivity contribution is 7.80. The molecule has 0 fully saturated rings. The third-order valence-corrected chi connectivity index (χ3v) is 1.69. The van der Waals surface area contributed by atoms with Gasteiger partial charge in [-0.15, -0.1) is 12.6 Å². The highest BCUT2D eigenvalue weighted by Crippen LogP contribution is 2.09. The van der Waals surface area contributed by atoms with Crippen LogP contribution in [0.1, 0.15) is 33.6 Å². The Kier molecular flexibility index (Phi) is 5.99. The van der Waals surface area contributed by atoms with Crippen LogP contribution >= 0.6 is 12.6 Å². The van der Waals surface area contributed by atoms with Gasteiger partial charge in [-0.2, -0.15) is 0 Å². The Balaban J connectivity index is 3.95. The Morgan fingerprint density at radius 3 is 2.23 bits per heavy atom. The van der Waals surface area contributed by atoms with Gasteiger partial charge in [0.25, 0.3) is 0 Å². The minimum Gasteiger partial charge on any atom is -0.357 e. The topological polar surface area (TPSA) is 43.4 Å². The van der Waals surface area contributed by atoms with E-state index in [0.717, 1.165) is 0 Å². The summed E-state index contributed by atoms with van der Waals surface area (Å²) in [6, 6.07) is 0. The van der Waals surface area contributed by atoms with Gasteiger partial charge in [-0.1, -0.05) is 0 Å². The fourth-order valence-electron chi connectivity index (χ4n) is 0.939. The van der Waals surface area contributed by atoms with Crippen LogP contribution in [0.15, 0.2) is 0 Å². The maximum atomic E-state index is 11.0. The molecule has 0 N–H and O–H groups in total. The largest absolute Gasteiger partial charge is 0.357 e. The van der Waals surface area contributed by atoms with Crippen molar-refractivity contribution in [2.45, 2.75) is 45.2 Å². The number of ether oxygens (including phenoxy) is 1. The molecule has 0 saturated carbocycles. The predicted molar refractivity (Wildman–Crippen MR) is 53.9 cm³/mol. The first-order valence-corrected chi connectivity index (χ1v) is 4.78. The van der Waals surface area contributed by atoms with Gasteiger partial charge in [-0.05, 0) is 27.2 Å². The number of hydrogen-bond acceptors (Lipinski definition) is 4. The molecule has 2 atom stereocenters. The van der Waals surface area contributed by atoms with Crippen LogP contribution in [0.25, 0.3) is 0 Å². The van der Waals surface area contributed by atoms with E-state index >= 15 is 0 Å². The van der Waals surface area contributed by atoms with Gasteiger partial charge in [-0.3, -0.25) is 4.79 Å². The molecule has 0 amide bonds. The molecule has 4 heteroatoms. The summed E-state index contributed by atoms with van der Waals surface area (Å²) in [5, 5.41) is 0. The quantitative estimate of drug-likeness (QED) is 0.528. The van der Waals surface area contributed by atoms with E-state index in [1.165, 1.54) is 13.8 Å². The van der Waals surface area contributed by atoms with Gasteiger partial charge in [0.15, 0.2) is 5.78 Å². The summed E-state index contributed by atoms with van der Waals surface area (Å²) in [7, 11) is 0. The van der Waals surface area contributed by atoms with Crippen molar-refractivity contribution in [1.29, 1.82) is 0 Å². The van der Waals surface area contributed by atoms with Gasteiger partial charge in [0, 0.05) is 6.42 Å². The molecule has 0 saturated heterocycles. The molecule has 0 aliphatic rings. The number of carbonyl (C=O) groups excluding carboxylic acids is 2. The van der Waals surface area contributed by atoms with Crippen LogP contribution in [-0.2, 0) is 14.3 Å². The molecule has 3 nitrogen and oxygen atoms in total. The van der Waals surface area contributed by atoms with E-state index in [0.29, 0.717) is 12.8 Å². The van der Waals surface area contributed by atoms with Crippen molar-refractivity contribution in [3.05, 3.63) is 0 Å². The van der Waals surface area contributed by atoms with Gasteiger partial charge >= 0.3 is 0 Å². The van der Waals surface area contributed by atoms with Crippen molar-refractivity contribution in [1.82, 2.24) is 0 Å². The molecule has 2 unspecified atom stereocenters. The van der Waals surface area contributed by atoms with Crippen molar-refractivity contribution in [3.8, 4) is 0 Å². The Labute approximate surface area is 84.3 Å². The predicted octanol–water partition coefficient (Wildman–Crippen LogP) is 1.61. The van der Waals surface area contributed by atoms with E-state index in [-0.39, 0.29) is 17.0 Å². The lowest BCUT2D eigenvalue weighted by atomic mass is 10.1. The Bertz CT molecular complexity index is 189. The van der Waals surface area contributed by atoms with E-state index in [1.54, 1.807) is 6.92 Å². The molecule has 0 aliphatic heterocycles. The number of hydrogen-bond donors (Lipinski definition) is 1. The van der Waals surface area contributed by atoms with Gasteiger partial charge in [0.05, 0.1) is 5.44 Å². The highest BCUT2D eigenvalue weighted by atomic mass is 32.1. The number of rotatable bonds is 6. The molecule has 0 spiro atoms. The molecule has 13 heavy (non-hydrogen) atoms. The maximum absolute atomic E-state index is 11.0. The summed E-state index contributed by atoms with van der Waals surface area (Å²) in [4.78, 5) is 21.7. The Hall–Kier alpha value is -0.350. The summed E-state index contributed by atoms with van der Waals surface area (Å²) < 4.78 is 5.22. The van der Waals surface area contributed by atoms with E-state index < -0.39 is 6.10 Å². The van der Waals surface area contributed by atoms with E-state index in [9.17, 15) is 9.59 Å². The van der Waals surface area contributed by atoms with Crippen molar-refractivity contribution in [2.75, 3.05) is 0 Å². The molecular formula is C9H16O3S. The summed E-state index contributed by atoms with van der Waals surface area (Å²) in [5.74, 6) is 0.0174. The van der Waals surface area contributed by atoms with Crippen LogP contribution in [0.3, 0.4) is 0 Å². The van der Waals surface area contributed by atoms with E-state index in [1.807, 2.05) is 0 Å². The van der Waals surface area contributed by atoms with Crippen molar-refractivity contribution in [2.24, 2.45) is 0 Å². The van der Waals surface area contributed by atoms with Crippen LogP contribution in [0, 0.1) is 0 Å². The second-order valence-corrected chi connectivity index (χ2v) is 3.80. The summed E-state index contributed by atoms with van der Waals surface area (Å²) in [6.45, 7) is 4.70. The molecule has 0 rings (SSSR count). The third-order valence-electron chi connectivity index (χ3n) is 1.57. The molecule has 0 aromatic rings. The number of carbonyl (C=O) groups is 2. The van der Waals surface area contributed by atoms with Gasteiger partial charge in [-0.25, -0.2) is 0 Å². The normalized spacial score (nSPS) is 15.1. The minimum atomic E-state index is -0.489. The lowest BCUT2D eigenvalue weighted by Crippen LogP contribution is -2.25. The van der Waals surface area contributed by atoms with Gasteiger partial charge < -0.3 is 9.53 Å². The second kappa shape index (κ2) is 6.16. The van der Waals surface area contributed by atoms with Crippen molar-refractivity contribution < 1.29 is 14.3 Å². The molecular weight excluding hydrogens is 188 g/mol. The summed E-state index contributed by atoms with van der Waals surface area (Å²) >= 11 is 4.02. The zero-order chi connectivity index (χ0) is 10.4. The smallest absolute Gasteiger partial charge is 0.158 e. The highest BCUT2D eigenvalue weighted by Gasteiger charge is 2.16. The molecule has 0 aromatic heterocycles. The molecule has 0 radical (unpaired) electrons. The van der Waals surface area contributed by atoms with Crippen LogP contribution in [0.2, 0.25) is 0 Å². The number of thiol groups is 1. The average molecular weight is 204 g/mol. The first-order valence-electron chi connectivity index (χ1n) is 4.27. The SMILES string of the molecule is CC(=O)CCC(OC(C)S)C(C)=O. The zero-order valence-corrected chi connectivity index (χ0v) is 9.14. The third kappa shape index (κ3) is 6.78. The summed E-state index contributed by atoms with van der Waals surface area (Å²) in [5.41, 5.74) is -0.277. The lowest BCUT2D eigenvalue weighted by Gasteiger charge is -2.16. The van der Waals surface area contributed by atoms with E-state index in [2.05, 4.69) is 12.6 Å². The number of Topliss-reactive ketones (excluding diaryl/α,β-unsaturated/α-hetero) is 2. The van der Waals surface area contributed by atoms with Crippen LogP contribution in [0.5, 0.6) is 0 Å². The number of ketones is 2. The fraction of sp³-hybridized carbons (Fsp3) is 0.778. The molecule has 0 heterocycles. The van der Waals surface area contributed by atoms with Crippen LogP contribution < -0.4 is 0 Å². The van der Waals surface area contributed by atoms with E-state index in [4.69, 9.17) is 4.74 Å². The molecule has 76 valence electrons. The lowest BCUT2D eigenvalue weighted by molar-refractivity contribution is -0.130. The first kappa shape index (κ1) is 12.7. The standard InChI is InChI=1S/C9H16O3S/c1-6(10)4-5-9(7(2)11)12-8(3)13/h8-9,13H,4-5H2,1-3H3. The van der Waals surface area contributed by atoms with Crippen molar-refractivity contribution >= 4 is 24.2 Å². The average Bonchev–Trinajstić information content (AvgIpc) is 1.96. The maximum Gasteiger partial charge on any atom is 0.158 e. The molecule has 0 aromatic carbocycles. The van der Waals surface area contributed by atoms with Gasteiger partial charge in [0.1, 0.15) is 11.9 Å². The Morgan fingerprint density at radius 2 is 1.92 bits per heavy atom. The zero-order valence-electron chi connectivity index (χ0n) is 8.24. The minimum absolute atomic E-state index is 0.0536.